The van der Waals surface area contributed by atoms with E-state index >= 15 is 0 Å². The zero-order chi connectivity index (χ0) is 20.3. The van der Waals surface area contributed by atoms with Crippen LogP contribution in [0, 0.1) is 0 Å². The van der Waals surface area contributed by atoms with E-state index in [-0.39, 0.29) is 41.5 Å². The lowest BCUT2D eigenvalue weighted by atomic mass is 10.2. The lowest BCUT2D eigenvalue weighted by Gasteiger charge is -2.34. The second-order valence-corrected chi connectivity index (χ2v) is 8.63. The molecule has 1 aliphatic rings. The van der Waals surface area contributed by atoms with Gasteiger partial charge in [0.1, 0.15) is 0 Å². The summed E-state index contributed by atoms with van der Waals surface area (Å²) in [4.78, 5) is 26.9. The molecule has 1 aliphatic heterocycles. The highest BCUT2D eigenvalue weighted by Crippen LogP contribution is 2.22. The third-order valence-electron chi connectivity index (χ3n) is 4.33. The smallest absolute Gasteiger partial charge is 0.338 e. The number of H-pyrrole nitrogens is 1. The number of esters is 1. The van der Waals surface area contributed by atoms with Crippen molar-refractivity contribution in [2.24, 2.45) is 0 Å². The van der Waals surface area contributed by atoms with E-state index in [4.69, 9.17) is 9.47 Å². The van der Waals surface area contributed by atoms with Gasteiger partial charge >= 0.3 is 5.97 Å². The number of aromatic amines is 1. The fourth-order valence-electron chi connectivity index (χ4n) is 3.06. The Balaban J connectivity index is 1.72. The summed E-state index contributed by atoms with van der Waals surface area (Å²) in [6.45, 7) is 3.67. The molecule has 0 amide bonds. The van der Waals surface area contributed by atoms with Crippen LogP contribution >= 0.6 is 0 Å². The molecule has 2 aromatic rings. The van der Waals surface area contributed by atoms with E-state index in [1.165, 1.54) is 28.6 Å². The van der Waals surface area contributed by atoms with Crippen molar-refractivity contribution in [1.82, 2.24) is 9.29 Å². The molecule has 2 heterocycles. The standard InChI is InChI=1S/C19H22N2O6S/c1-13-10-21(11-14(2)27-13)28(24,25)16-6-3-5-15(9-16)19(23)26-12-18(22)17-7-4-8-20-17/h3-9,13-14,20H,10-12H2,1-2H3/t13-,14-/m0/s1. The molecule has 0 saturated carbocycles. The zero-order valence-electron chi connectivity index (χ0n) is 15.6. The van der Waals surface area contributed by atoms with Crippen LogP contribution in [-0.2, 0) is 19.5 Å². The minimum Gasteiger partial charge on any atom is -0.454 e. The maximum atomic E-state index is 12.9. The van der Waals surface area contributed by atoms with Crippen molar-refractivity contribution in [3.05, 3.63) is 53.9 Å². The Morgan fingerprint density at radius 3 is 2.54 bits per heavy atom. The molecule has 1 N–H and O–H groups in total. The molecule has 0 bridgehead atoms. The summed E-state index contributed by atoms with van der Waals surface area (Å²) in [5, 5.41) is 0. The van der Waals surface area contributed by atoms with Gasteiger partial charge in [-0.1, -0.05) is 6.07 Å². The molecule has 0 spiro atoms. The van der Waals surface area contributed by atoms with Gasteiger partial charge in [-0.2, -0.15) is 4.31 Å². The fraction of sp³-hybridized carbons (Fsp3) is 0.368. The molecular weight excluding hydrogens is 384 g/mol. The lowest BCUT2D eigenvalue weighted by Crippen LogP contribution is -2.48. The van der Waals surface area contributed by atoms with Gasteiger partial charge in [0.25, 0.3) is 0 Å². The predicted molar refractivity (Wildman–Crippen MR) is 101 cm³/mol. The number of morpholine rings is 1. The van der Waals surface area contributed by atoms with Gasteiger partial charge < -0.3 is 14.5 Å². The first-order valence-electron chi connectivity index (χ1n) is 8.87. The molecule has 8 nitrogen and oxygen atoms in total. The van der Waals surface area contributed by atoms with Crippen LogP contribution in [0.2, 0.25) is 0 Å². The van der Waals surface area contributed by atoms with E-state index in [1.54, 1.807) is 18.3 Å². The average Bonchev–Trinajstić information content (AvgIpc) is 3.20. The number of carbonyl (C=O) groups excluding carboxylic acids is 2. The summed E-state index contributed by atoms with van der Waals surface area (Å²) in [5.74, 6) is -1.14. The van der Waals surface area contributed by atoms with E-state index in [2.05, 4.69) is 4.98 Å². The van der Waals surface area contributed by atoms with Gasteiger partial charge in [-0.15, -0.1) is 0 Å². The Labute approximate surface area is 163 Å². The average molecular weight is 406 g/mol. The van der Waals surface area contributed by atoms with Crippen molar-refractivity contribution in [1.29, 1.82) is 0 Å². The van der Waals surface area contributed by atoms with Gasteiger partial charge in [0.15, 0.2) is 6.61 Å². The minimum atomic E-state index is -3.78. The van der Waals surface area contributed by atoms with Gasteiger partial charge in [0.2, 0.25) is 15.8 Å². The Morgan fingerprint density at radius 2 is 1.89 bits per heavy atom. The van der Waals surface area contributed by atoms with Crippen molar-refractivity contribution < 1.29 is 27.5 Å². The molecule has 9 heteroatoms. The molecule has 0 radical (unpaired) electrons. The number of ketones is 1. The summed E-state index contributed by atoms with van der Waals surface area (Å²) in [7, 11) is -3.78. The van der Waals surface area contributed by atoms with Crippen LogP contribution in [-0.4, -0.2) is 61.4 Å². The molecule has 0 aliphatic carbocycles. The third-order valence-corrected chi connectivity index (χ3v) is 6.15. The lowest BCUT2D eigenvalue weighted by molar-refractivity contribution is -0.0440. The number of Topliss-reactive ketones (excluding diaryl/α,β-unsaturated/α-hetero) is 1. The molecular formula is C19H22N2O6S. The molecule has 3 rings (SSSR count). The molecule has 1 fully saturated rings. The molecule has 1 aromatic heterocycles. The first kappa shape index (κ1) is 20.2. The summed E-state index contributed by atoms with van der Waals surface area (Å²) in [6, 6.07) is 8.86. The normalized spacial score (nSPS) is 20.6. The number of nitrogens with zero attached hydrogens (tertiary/aromatic N) is 1. The second-order valence-electron chi connectivity index (χ2n) is 6.69. The summed E-state index contributed by atoms with van der Waals surface area (Å²) < 4.78 is 37.8. The quantitative estimate of drug-likeness (QED) is 0.580. The summed E-state index contributed by atoms with van der Waals surface area (Å²) in [6.07, 6.45) is 1.16. The number of hydrogen-bond acceptors (Lipinski definition) is 6. The number of sulfonamides is 1. The SMILES string of the molecule is C[C@H]1CN(S(=O)(=O)c2cccc(C(=O)OCC(=O)c3ccc[nH]3)c2)C[C@H](C)O1. The summed E-state index contributed by atoms with van der Waals surface area (Å²) in [5.41, 5.74) is 0.398. The molecule has 2 atom stereocenters. The van der Waals surface area contributed by atoms with Crippen LogP contribution in [0.5, 0.6) is 0 Å². The maximum absolute atomic E-state index is 12.9. The van der Waals surface area contributed by atoms with E-state index in [9.17, 15) is 18.0 Å². The highest BCUT2D eigenvalue weighted by molar-refractivity contribution is 7.89. The van der Waals surface area contributed by atoms with Crippen LogP contribution in [0.1, 0.15) is 34.7 Å². The largest absolute Gasteiger partial charge is 0.454 e. The Morgan fingerprint density at radius 1 is 1.18 bits per heavy atom. The molecule has 1 aromatic carbocycles. The Bertz CT molecular complexity index is 945. The second kappa shape index (κ2) is 8.26. The van der Waals surface area contributed by atoms with Crippen molar-refractivity contribution in [3.8, 4) is 0 Å². The van der Waals surface area contributed by atoms with Crippen LogP contribution in [0.4, 0.5) is 0 Å². The van der Waals surface area contributed by atoms with E-state index in [0.29, 0.717) is 5.69 Å². The number of nitrogens with one attached hydrogen (secondary N) is 1. The van der Waals surface area contributed by atoms with Gasteiger partial charge in [-0.3, -0.25) is 4.79 Å². The molecule has 0 unspecified atom stereocenters. The monoisotopic (exact) mass is 406 g/mol. The Hall–Kier alpha value is -2.49. The van der Waals surface area contributed by atoms with E-state index < -0.39 is 22.6 Å². The number of ether oxygens (including phenoxy) is 2. The van der Waals surface area contributed by atoms with Crippen LogP contribution < -0.4 is 0 Å². The van der Waals surface area contributed by atoms with Gasteiger partial charge in [0.05, 0.1) is 28.4 Å². The number of rotatable bonds is 6. The fourth-order valence-corrected chi connectivity index (χ4v) is 4.69. The minimum absolute atomic E-state index is 0.000977. The first-order chi connectivity index (χ1) is 13.3. The maximum Gasteiger partial charge on any atom is 0.338 e. The van der Waals surface area contributed by atoms with Crippen molar-refractivity contribution >= 4 is 21.8 Å². The van der Waals surface area contributed by atoms with E-state index in [0.717, 1.165) is 0 Å². The van der Waals surface area contributed by atoms with Crippen LogP contribution in [0.25, 0.3) is 0 Å². The van der Waals surface area contributed by atoms with Crippen LogP contribution in [0.15, 0.2) is 47.5 Å². The first-order valence-corrected chi connectivity index (χ1v) is 10.3. The zero-order valence-corrected chi connectivity index (χ0v) is 16.4. The van der Waals surface area contributed by atoms with Gasteiger partial charge in [0, 0.05) is 19.3 Å². The highest BCUT2D eigenvalue weighted by atomic mass is 32.2. The van der Waals surface area contributed by atoms with Crippen molar-refractivity contribution in [2.75, 3.05) is 19.7 Å². The van der Waals surface area contributed by atoms with Crippen molar-refractivity contribution in [3.63, 3.8) is 0 Å². The number of aromatic nitrogens is 1. The number of benzene rings is 1. The van der Waals surface area contributed by atoms with Gasteiger partial charge in [-0.05, 0) is 44.2 Å². The molecule has 1 saturated heterocycles. The van der Waals surface area contributed by atoms with Crippen molar-refractivity contribution in [2.45, 2.75) is 31.0 Å². The Kier molecular flexibility index (Phi) is 5.97. The molecule has 150 valence electrons. The van der Waals surface area contributed by atoms with Crippen LogP contribution in [0.3, 0.4) is 0 Å². The molecule has 28 heavy (non-hydrogen) atoms. The van der Waals surface area contributed by atoms with Gasteiger partial charge in [-0.25, -0.2) is 13.2 Å². The predicted octanol–water partition coefficient (Wildman–Crippen LogP) is 1.85. The topological polar surface area (TPSA) is 106 Å². The number of carbonyl (C=O) groups is 2. The van der Waals surface area contributed by atoms with E-state index in [1.807, 2.05) is 13.8 Å². The third kappa shape index (κ3) is 4.49. The highest BCUT2D eigenvalue weighted by Gasteiger charge is 2.32. The summed E-state index contributed by atoms with van der Waals surface area (Å²) >= 11 is 0. The number of hydrogen-bond donors (Lipinski definition) is 1.